The van der Waals surface area contributed by atoms with Gasteiger partial charge in [0.15, 0.2) is 5.69 Å². The van der Waals surface area contributed by atoms with Gasteiger partial charge in [0, 0.05) is 6.61 Å². The number of aromatic nitrogens is 1. The van der Waals surface area contributed by atoms with Gasteiger partial charge in [-0.3, -0.25) is 0 Å². The van der Waals surface area contributed by atoms with Crippen LogP contribution >= 0.6 is 23.2 Å². The van der Waals surface area contributed by atoms with E-state index in [2.05, 4.69) is 4.98 Å². The average Bonchev–Trinajstić information content (AvgIpc) is 2.40. The second kappa shape index (κ2) is 6.36. The third kappa shape index (κ3) is 3.57. The summed E-state index contributed by atoms with van der Waals surface area (Å²) in [5, 5.41) is 0.439. The second-order valence-electron chi connectivity index (χ2n) is 4.05. The van der Waals surface area contributed by atoms with Gasteiger partial charge in [0.1, 0.15) is 11.8 Å². The molecular formula is C12H13Cl2NO3. The topological polar surface area (TPSA) is 48.4 Å². The highest BCUT2D eigenvalue weighted by Crippen LogP contribution is 2.18. The van der Waals surface area contributed by atoms with Crippen molar-refractivity contribution in [3.63, 3.8) is 0 Å². The van der Waals surface area contributed by atoms with E-state index in [9.17, 15) is 4.79 Å². The van der Waals surface area contributed by atoms with Crippen molar-refractivity contribution < 1.29 is 14.3 Å². The Bertz CT molecular complexity index is 433. The molecule has 1 aromatic heterocycles. The van der Waals surface area contributed by atoms with Gasteiger partial charge in [-0.15, -0.1) is 0 Å². The summed E-state index contributed by atoms with van der Waals surface area (Å²) in [5.41, 5.74) is 0.0416. The highest BCUT2D eigenvalue weighted by molar-refractivity contribution is 6.34. The van der Waals surface area contributed by atoms with Gasteiger partial charge in [0.25, 0.3) is 0 Å². The number of ether oxygens (including phenoxy) is 2. The van der Waals surface area contributed by atoms with Crippen LogP contribution in [0.5, 0.6) is 0 Å². The first kappa shape index (κ1) is 13.6. The van der Waals surface area contributed by atoms with Gasteiger partial charge in [-0.1, -0.05) is 23.2 Å². The lowest BCUT2D eigenvalue weighted by molar-refractivity contribution is -0.0302. The zero-order valence-corrected chi connectivity index (χ0v) is 11.2. The van der Waals surface area contributed by atoms with Crippen LogP contribution in [0.2, 0.25) is 10.2 Å². The van der Waals surface area contributed by atoms with Gasteiger partial charge in [0.05, 0.1) is 11.1 Å². The lowest BCUT2D eigenvalue weighted by Gasteiger charge is -2.22. The minimum absolute atomic E-state index is 0.0272. The van der Waals surface area contributed by atoms with E-state index in [1.807, 2.05) is 0 Å². The molecule has 1 aromatic rings. The van der Waals surface area contributed by atoms with E-state index in [4.69, 9.17) is 32.7 Å². The number of nitrogens with zero attached hydrogens (tertiary/aromatic N) is 1. The minimum atomic E-state index is -0.573. The normalized spacial score (nSPS) is 19.6. The van der Waals surface area contributed by atoms with Gasteiger partial charge in [0.2, 0.25) is 0 Å². The Kier molecular flexibility index (Phi) is 4.80. The molecule has 98 valence electrons. The number of esters is 1. The van der Waals surface area contributed by atoms with Crippen LogP contribution < -0.4 is 0 Å². The largest absolute Gasteiger partial charge is 0.458 e. The second-order valence-corrected chi connectivity index (χ2v) is 4.85. The summed E-state index contributed by atoms with van der Waals surface area (Å²) in [5.74, 6) is -0.573. The lowest BCUT2D eigenvalue weighted by Crippen LogP contribution is -2.26. The highest BCUT2D eigenvalue weighted by Gasteiger charge is 2.19. The molecule has 0 bridgehead atoms. The molecule has 1 unspecified atom stereocenters. The summed E-state index contributed by atoms with van der Waals surface area (Å²) in [6.07, 6.45) is 3.04. The van der Waals surface area contributed by atoms with E-state index in [1.54, 1.807) is 0 Å². The fraction of sp³-hybridized carbons (Fsp3) is 0.500. The zero-order chi connectivity index (χ0) is 13.0. The van der Waals surface area contributed by atoms with Gasteiger partial charge >= 0.3 is 5.97 Å². The van der Waals surface area contributed by atoms with Crippen LogP contribution in [0.15, 0.2) is 12.1 Å². The smallest absolute Gasteiger partial charge is 0.358 e. The van der Waals surface area contributed by atoms with Crippen LogP contribution in [-0.2, 0) is 9.47 Å². The molecule has 0 amide bonds. The molecule has 1 saturated heterocycles. The molecule has 1 fully saturated rings. The van der Waals surface area contributed by atoms with Gasteiger partial charge in [-0.25, -0.2) is 9.78 Å². The van der Waals surface area contributed by atoms with Crippen molar-refractivity contribution in [2.45, 2.75) is 25.4 Å². The first-order valence-electron chi connectivity index (χ1n) is 5.77. The number of halogens is 2. The Morgan fingerprint density at radius 3 is 3.00 bits per heavy atom. The Morgan fingerprint density at radius 2 is 2.28 bits per heavy atom. The van der Waals surface area contributed by atoms with Gasteiger partial charge in [-0.2, -0.15) is 0 Å². The molecule has 0 N–H and O–H groups in total. The van der Waals surface area contributed by atoms with Crippen molar-refractivity contribution in [1.82, 2.24) is 4.98 Å². The van der Waals surface area contributed by atoms with Crippen LogP contribution in [0, 0.1) is 0 Å². The molecule has 0 aliphatic carbocycles. The van der Waals surface area contributed by atoms with Crippen LogP contribution in [-0.4, -0.2) is 30.3 Å². The van der Waals surface area contributed by atoms with Crippen molar-refractivity contribution in [2.24, 2.45) is 0 Å². The van der Waals surface area contributed by atoms with Gasteiger partial charge in [-0.05, 0) is 31.4 Å². The van der Waals surface area contributed by atoms with Crippen molar-refractivity contribution in [3.05, 3.63) is 28.0 Å². The van der Waals surface area contributed by atoms with E-state index >= 15 is 0 Å². The summed E-state index contributed by atoms with van der Waals surface area (Å²) in [6, 6.07) is 3.04. The maximum Gasteiger partial charge on any atom is 0.358 e. The van der Waals surface area contributed by atoms with Crippen molar-refractivity contribution >= 4 is 29.2 Å². The van der Waals surface area contributed by atoms with Crippen molar-refractivity contribution in [1.29, 1.82) is 0 Å². The summed E-state index contributed by atoms with van der Waals surface area (Å²) in [4.78, 5) is 15.6. The molecule has 1 aliphatic heterocycles. The Hall–Kier alpha value is -0.840. The number of hydrogen-bond donors (Lipinski definition) is 0. The number of pyridine rings is 1. The molecule has 0 radical (unpaired) electrons. The predicted octanol–water partition coefficient (Wildman–Crippen LogP) is 3.11. The van der Waals surface area contributed by atoms with E-state index in [0.717, 1.165) is 25.9 Å². The van der Waals surface area contributed by atoms with Crippen LogP contribution in [0.1, 0.15) is 29.8 Å². The molecular weight excluding hydrogens is 277 g/mol. The average molecular weight is 290 g/mol. The fourth-order valence-electron chi connectivity index (χ4n) is 1.74. The lowest BCUT2D eigenvalue weighted by atomic mass is 10.1. The maximum atomic E-state index is 11.8. The highest BCUT2D eigenvalue weighted by atomic mass is 35.5. The number of rotatable bonds is 3. The summed E-state index contributed by atoms with van der Waals surface area (Å²) < 4.78 is 10.6. The van der Waals surface area contributed by atoms with Gasteiger partial charge < -0.3 is 9.47 Å². The first-order chi connectivity index (χ1) is 8.66. The van der Waals surface area contributed by atoms with E-state index < -0.39 is 5.97 Å². The first-order valence-corrected chi connectivity index (χ1v) is 6.53. The molecule has 2 heterocycles. The molecule has 0 saturated carbocycles. The van der Waals surface area contributed by atoms with E-state index in [1.165, 1.54) is 12.1 Å². The zero-order valence-electron chi connectivity index (χ0n) is 9.70. The molecule has 1 atom stereocenters. The fourth-order valence-corrected chi connectivity index (χ4v) is 2.07. The van der Waals surface area contributed by atoms with E-state index in [0.29, 0.717) is 0 Å². The van der Waals surface area contributed by atoms with Crippen LogP contribution in [0.4, 0.5) is 0 Å². The number of carbonyl (C=O) groups excluding carboxylic acids is 1. The Morgan fingerprint density at radius 1 is 1.44 bits per heavy atom. The molecule has 0 spiro atoms. The van der Waals surface area contributed by atoms with Crippen molar-refractivity contribution in [2.75, 3.05) is 13.2 Å². The third-order valence-electron chi connectivity index (χ3n) is 2.68. The summed E-state index contributed by atoms with van der Waals surface area (Å²) in [7, 11) is 0. The summed E-state index contributed by atoms with van der Waals surface area (Å²) in [6.45, 7) is 0.946. The predicted molar refractivity (Wildman–Crippen MR) is 68.1 cm³/mol. The molecule has 18 heavy (non-hydrogen) atoms. The minimum Gasteiger partial charge on any atom is -0.458 e. The molecule has 4 nitrogen and oxygen atoms in total. The number of carbonyl (C=O) groups is 1. The van der Waals surface area contributed by atoms with E-state index in [-0.39, 0.29) is 28.6 Å². The Labute approximate surface area is 115 Å². The quantitative estimate of drug-likeness (QED) is 0.634. The number of hydrogen-bond acceptors (Lipinski definition) is 4. The molecule has 1 aliphatic rings. The van der Waals surface area contributed by atoms with Crippen molar-refractivity contribution in [3.8, 4) is 0 Å². The Balaban J connectivity index is 1.92. The monoisotopic (exact) mass is 289 g/mol. The summed E-state index contributed by atoms with van der Waals surface area (Å²) >= 11 is 11.6. The molecule has 0 aromatic carbocycles. The van der Waals surface area contributed by atoms with Crippen LogP contribution in [0.3, 0.4) is 0 Å². The SMILES string of the molecule is O=C(OCC1CCCCO1)c1nc(Cl)ccc1Cl. The maximum absolute atomic E-state index is 11.8. The molecule has 6 heteroatoms. The standard InChI is InChI=1S/C12H13Cl2NO3/c13-9-4-5-10(14)15-11(9)12(16)18-7-8-3-1-2-6-17-8/h4-5,8H,1-3,6-7H2. The van der Waals surface area contributed by atoms with Crippen LogP contribution in [0.25, 0.3) is 0 Å². The molecule has 2 rings (SSSR count). The third-order valence-corrected chi connectivity index (χ3v) is 3.20.